The fraction of sp³-hybridized carbons (Fsp3) is 0.250. The van der Waals surface area contributed by atoms with E-state index in [2.05, 4.69) is 20.9 Å². The fourth-order valence-corrected chi connectivity index (χ4v) is 2.37. The Kier molecular flexibility index (Phi) is 5.30. The topological polar surface area (TPSA) is 50.2 Å². The Morgan fingerprint density at radius 2 is 1.75 bits per heavy atom. The van der Waals surface area contributed by atoms with Crippen LogP contribution in [0.2, 0.25) is 0 Å². The maximum absolute atomic E-state index is 11.4. The Labute approximate surface area is 126 Å². The molecule has 0 amide bonds. The Bertz CT molecular complexity index is 554. The third-order valence-corrected chi connectivity index (χ3v) is 3.80. The number of carbonyl (C=O) groups is 1. The zero-order valence-electron chi connectivity index (χ0n) is 11.0. The summed E-state index contributed by atoms with van der Waals surface area (Å²) in [6.07, 6.45) is 5.43. The Morgan fingerprint density at radius 3 is 2.35 bits per heavy atom. The quantitative estimate of drug-likeness (QED) is 0.876. The molecule has 0 bridgehead atoms. The highest BCUT2D eigenvalue weighted by molar-refractivity contribution is 9.10. The van der Waals surface area contributed by atoms with Gasteiger partial charge in [-0.2, -0.15) is 0 Å². The summed E-state index contributed by atoms with van der Waals surface area (Å²) in [6, 6.07) is 11.7. The molecule has 1 aromatic heterocycles. The second-order valence-corrected chi connectivity index (χ2v) is 5.68. The SMILES string of the molecule is O=C(O)C(CCc1ccncc1)Cc1ccc(Br)cc1. The molecule has 0 radical (unpaired) electrons. The highest BCUT2D eigenvalue weighted by atomic mass is 79.9. The van der Waals surface area contributed by atoms with E-state index in [9.17, 15) is 9.90 Å². The van der Waals surface area contributed by atoms with Crippen molar-refractivity contribution in [2.24, 2.45) is 5.92 Å². The molecular weight excluding hydrogens is 318 g/mol. The molecule has 2 rings (SSSR count). The molecule has 0 aliphatic carbocycles. The Hall–Kier alpha value is -1.68. The number of aryl methyl sites for hydroxylation is 1. The average Bonchev–Trinajstić information content (AvgIpc) is 2.46. The molecule has 0 spiro atoms. The molecule has 0 fully saturated rings. The first-order valence-corrected chi connectivity index (χ1v) is 7.30. The molecule has 3 nitrogen and oxygen atoms in total. The van der Waals surface area contributed by atoms with Gasteiger partial charge in [0.25, 0.3) is 0 Å². The molecule has 1 aromatic carbocycles. The van der Waals surface area contributed by atoms with Crippen molar-refractivity contribution in [3.63, 3.8) is 0 Å². The van der Waals surface area contributed by atoms with Gasteiger partial charge in [-0.05, 0) is 54.7 Å². The molecule has 2 aromatic rings. The van der Waals surface area contributed by atoms with E-state index in [0.717, 1.165) is 22.0 Å². The minimum absolute atomic E-state index is 0.357. The average molecular weight is 334 g/mol. The highest BCUT2D eigenvalue weighted by Crippen LogP contribution is 2.18. The van der Waals surface area contributed by atoms with Gasteiger partial charge in [0.1, 0.15) is 0 Å². The van der Waals surface area contributed by atoms with Gasteiger partial charge in [0, 0.05) is 16.9 Å². The van der Waals surface area contributed by atoms with Crippen LogP contribution in [0, 0.1) is 5.92 Å². The summed E-state index contributed by atoms with van der Waals surface area (Å²) in [5.41, 5.74) is 2.18. The highest BCUT2D eigenvalue weighted by Gasteiger charge is 2.17. The molecule has 0 saturated carbocycles. The lowest BCUT2D eigenvalue weighted by Crippen LogP contribution is -2.17. The number of aliphatic carboxylic acids is 1. The van der Waals surface area contributed by atoms with Gasteiger partial charge >= 0.3 is 5.97 Å². The largest absolute Gasteiger partial charge is 0.481 e. The van der Waals surface area contributed by atoms with Gasteiger partial charge < -0.3 is 5.11 Å². The predicted octanol–water partition coefficient (Wildman–Crippen LogP) is 3.72. The van der Waals surface area contributed by atoms with Crippen molar-refractivity contribution in [3.8, 4) is 0 Å². The number of carboxylic acid groups (broad SMARTS) is 1. The van der Waals surface area contributed by atoms with Gasteiger partial charge in [-0.3, -0.25) is 9.78 Å². The second-order valence-electron chi connectivity index (χ2n) is 4.76. The number of pyridine rings is 1. The van der Waals surface area contributed by atoms with Crippen LogP contribution in [0.5, 0.6) is 0 Å². The van der Waals surface area contributed by atoms with E-state index in [4.69, 9.17) is 0 Å². The molecule has 0 aliphatic heterocycles. The number of hydrogen-bond donors (Lipinski definition) is 1. The number of aromatic nitrogens is 1. The summed E-state index contributed by atoms with van der Waals surface area (Å²) in [6.45, 7) is 0. The van der Waals surface area contributed by atoms with Crippen LogP contribution in [0.4, 0.5) is 0 Å². The fourth-order valence-electron chi connectivity index (χ4n) is 2.11. The van der Waals surface area contributed by atoms with Crippen LogP contribution < -0.4 is 0 Å². The summed E-state index contributed by atoms with van der Waals surface area (Å²) in [5, 5.41) is 9.35. The molecule has 1 heterocycles. The number of carboxylic acids is 1. The zero-order valence-corrected chi connectivity index (χ0v) is 12.6. The molecule has 104 valence electrons. The Balaban J connectivity index is 1.97. The second kappa shape index (κ2) is 7.20. The van der Waals surface area contributed by atoms with Gasteiger partial charge in [-0.15, -0.1) is 0 Å². The number of hydrogen-bond acceptors (Lipinski definition) is 2. The number of rotatable bonds is 6. The Morgan fingerprint density at radius 1 is 1.10 bits per heavy atom. The first-order valence-electron chi connectivity index (χ1n) is 6.51. The lowest BCUT2D eigenvalue weighted by atomic mass is 9.93. The van der Waals surface area contributed by atoms with Crippen LogP contribution >= 0.6 is 15.9 Å². The van der Waals surface area contributed by atoms with E-state index in [1.54, 1.807) is 12.4 Å². The van der Waals surface area contributed by atoms with Crippen molar-refractivity contribution < 1.29 is 9.90 Å². The molecular formula is C16H16BrNO2. The third-order valence-electron chi connectivity index (χ3n) is 3.28. The van der Waals surface area contributed by atoms with E-state index in [1.807, 2.05) is 36.4 Å². The van der Waals surface area contributed by atoms with Crippen LogP contribution in [-0.2, 0) is 17.6 Å². The smallest absolute Gasteiger partial charge is 0.306 e. The number of halogens is 1. The maximum Gasteiger partial charge on any atom is 0.306 e. The lowest BCUT2D eigenvalue weighted by Gasteiger charge is -2.12. The molecule has 4 heteroatoms. The van der Waals surface area contributed by atoms with E-state index in [1.165, 1.54) is 0 Å². The molecule has 20 heavy (non-hydrogen) atoms. The first-order chi connectivity index (χ1) is 9.65. The summed E-state index contributed by atoms with van der Waals surface area (Å²) < 4.78 is 1.00. The van der Waals surface area contributed by atoms with Gasteiger partial charge in [-0.25, -0.2) is 0 Å². The van der Waals surface area contributed by atoms with Crippen molar-refractivity contribution >= 4 is 21.9 Å². The number of benzene rings is 1. The molecule has 1 unspecified atom stereocenters. The van der Waals surface area contributed by atoms with Crippen LogP contribution in [0.25, 0.3) is 0 Å². The van der Waals surface area contributed by atoms with Crippen LogP contribution in [0.15, 0.2) is 53.3 Å². The summed E-state index contributed by atoms with van der Waals surface area (Å²) in [5.74, 6) is -1.09. The van der Waals surface area contributed by atoms with E-state index in [0.29, 0.717) is 12.8 Å². The van der Waals surface area contributed by atoms with Crippen molar-refractivity contribution in [1.29, 1.82) is 0 Å². The summed E-state index contributed by atoms with van der Waals surface area (Å²) >= 11 is 3.38. The van der Waals surface area contributed by atoms with Gasteiger partial charge in [0.15, 0.2) is 0 Å². The maximum atomic E-state index is 11.4. The van der Waals surface area contributed by atoms with Gasteiger partial charge in [0.2, 0.25) is 0 Å². The van der Waals surface area contributed by atoms with Crippen molar-refractivity contribution in [2.75, 3.05) is 0 Å². The van der Waals surface area contributed by atoms with E-state index in [-0.39, 0.29) is 5.92 Å². The van der Waals surface area contributed by atoms with Crippen molar-refractivity contribution in [1.82, 2.24) is 4.98 Å². The molecule has 0 aliphatic rings. The molecule has 0 saturated heterocycles. The normalized spacial score (nSPS) is 12.1. The van der Waals surface area contributed by atoms with E-state index < -0.39 is 5.97 Å². The van der Waals surface area contributed by atoms with Crippen molar-refractivity contribution in [3.05, 3.63) is 64.4 Å². The lowest BCUT2D eigenvalue weighted by molar-refractivity contribution is -0.141. The van der Waals surface area contributed by atoms with Gasteiger partial charge in [-0.1, -0.05) is 28.1 Å². The zero-order chi connectivity index (χ0) is 14.4. The summed E-state index contributed by atoms with van der Waals surface area (Å²) in [4.78, 5) is 15.3. The van der Waals surface area contributed by atoms with Crippen LogP contribution in [0.3, 0.4) is 0 Å². The third kappa shape index (κ3) is 4.46. The van der Waals surface area contributed by atoms with Crippen LogP contribution in [0.1, 0.15) is 17.5 Å². The van der Waals surface area contributed by atoms with Gasteiger partial charge in [0.05, 0.1) is 5.92 Å². The minimum atomic E-state index is -0.734. The number of nitrogens with zero attached hydrogens (tertiary/aromatic N) is 1. The predicted molar refractivity (Wildman–Crippen MR) is 81.5 cm³/mol. The van der Waals surface area contributed by atoms with Crippen molar-refractivity contribution in [2.45, 2.75) is 19.3 Å². The first kappa shape index (κ1) is 14.7. The minimum Gasteiger partial charge on any atom is -0.481 e. The molecule has 1 atom stereocenters. The van der Waals surface area contributed by atoms with E-state index >= 15 is 0 Å². The summed E-state index contributed by atoms with van der Waals surface area (Å²) in [7, 11) is 0. The standard InChI is InChI=1S/C16H16BrNO2/c17-15-5-2-13(3-6-15)11-14(16(19)20)4-1-12-7-9-18-10-8-12/h2-3,5-10,14H,1,4,11H2,(H,19,20). The monoisotopic (exact) mass is 333 g/mol. The molecule has 1 N–H and O–H groups in total. The van der Waals surface area contributed by atoms with Crippen LogP contribution in [-0.4, -0.2) is 16.1 Å².